The Morgan fingerprint density at radius 2 is 1.10 bits per heavy atom. The molecule has 1 aromatic heterocycles. The minimum atomic E-state index is 1.13. The summed E-state index contributed by atoms with van der Waals surface area (Å²) >= 11 is 0. The quantitative estimate of drug-likeness (QED) is 0.209. The monoisotopic (exact) mass is 526 g/mol. The number of hydrogen-bond acceptors (Lipinski definition) is 1. The van der Waals surface area contributed by atoms with Crippen LogP contribution in [-0.4, -0.2) is 4.57 Å². The molecule has 41 heavy (non-hydrogen) atoms. The highest BCUT2D eigenvalue weighted by atomic mass is 15.1. The summed E-state index contributed by atoms with van der Waals surface area (Å²) in [4.78, 5) is 2.34. The molecule has 0 fully saturated rings. The van der Waals surface area contributed by atoms with Gasteiger partial charge in [0.1, 0.15) is 0 Å². The van der Waals surface area contributed by atoms with Crippen molar-refractivity contribution < 1.29 is 0 Å². The smallest absolute Gasteiger partial charge is 0.0547 e. The molecular formula is C39H30N2. The largest absolute Gasteiger partial charge is 0.310 e. The molecule has 2 nitrogen and oxygen atoms in total. The lowest BCUT2D eigenvalue weighted by atomic mass is 10.00. The van der Waals surface area contributed by atoms with E-state index in [1.54, 1.807) is 0 Å². The molecule has 0 unspecified atom stereocenters. The number of allylic oxidation sites excluding steroid dienone is 1. The summed E-state index contributed by atoms with van der Waals surface area (Å²) in [7, 11) is 0. The zero-order chi connectivity index (χ0) is 27.6. The molecule has 7 aromatic rings. The lowest BCUT2D eigenvalue weighted by molar-refractivity contribution is 1.18. The van der Waals surface area contributed by atoms with Crippen molar-refractivity contribution in [3.63, 3.8) is 0 Å². The molecule has 0 N–H and O–H groups in total. The Labute approximate surface area is 241 Å². The molecule has 0 amide bonds. The number of anilines is 3. The van der Waals surface area contributed by atoms with Crippen LogP contribution >= 0.6 is 0 Å². The SMILES string of the molecule is C/C=C/c1ccc2c3ccc(-c4ccccc4N(c4ccccc4)c4ccccc4)cc3n(-c3ccccc3)c2c1. The van der Waals surface area contributed by atoms with E-state index in [2.05, 4.69) is 180 Å². The van der Waals surface area contributed by atoms with E-state index in [0.29, 0.717) is 0 Å². The molecule has 196 valence electrons. The van der Waals surface area contributed by atoms with E-state index in [0.717, 1.165) is 22.7 Å². The molecule has 6 aromatic carbocycles. The summed E-state index contributed by atoms with van der Waals surface area (Å²) < 4.78 is 2.40. The van der Waals surface area contributed by atoms with Gasteiger partial charge in [0.05, 0.1) is 16.7 Å². The van der Waals surface area contributed by atoms with Crippen LogP contribution in [0, 0.1) is 0 Å². The lowest BCUT2D eigenvalue weighted by Crippen LogP contribution is -2.10. The second kappa shape index (κ2) is 10.7. The number of benzene rings is 6. The highest BCUT2D eigenvalue weighted by Gasteiger charge is 2.18. The molecule has 0 aliphatic rings. The van der Waals surface area contributed by atoms with E-state index in [-0.39, 0.29) is 0 Å². The van der Waals surface area contributed by atoms with Crippen molar-refractivity contribution in [1.29, 1.82) is 0 Å². The van der Waals surface area contributed by atoms with Crippen molar-refractivity contribution in [1.82, 2.24) is 4.57 Å². The lowest BCUT2D eigenvalue weighted by Gasteiger charge is -2.27. The summed E-state index contributed by atoms with van der Waals surface area (Å²) in [5.41, 5.74) is 10.5. The van der Waals surface area contributed by atoms with Crippen LogP contribution in [-0.2, 0) is 0 Å². The number of hydrogen-bond donors (Lipinski definition) is 0. The first-order chi connectivity index (χ1) is 20.3. The van der Waals surface area contributed by atoms with Gasteiger partial charge in [-0.25, -0.2) is 0 Å². The van der Waals surface area contributed by atoms with Crippen LogP contribution in [0.4, 0.5) is 17.1 Å². The van der Waals surface area contributed by atoms with Gasteiger partial charge >= 0.3 is 0 Å². The van der Waals surface area contributed by atoms with Gasteiger partial charge in [-0.1, -0.05) is 109 Å². The van der Waals surface area contributed by atoms with E-state index in [4.69, 9.17) is 0 Å². The zero-order valence-corrected chi connectivity index (χ0v) is 23.0. The van der Waals surface area contributed by atoms with E-state index >= 15 is 0 Å². The molecule has 0 saturated heterocycles. The Bertz CT molecular complexity index is 1950. The molecule has 0 atom stereocenters. The highest BCUT2D eigenvalue weighted by Crippen LogP contribution is 2.42. The van der Waals surface area contributed by atoms with Crippen molar-refractivity contribution in [3.05, 3.63) is 163 Å². The fourth-order valence-corrected chi connectivity index (χ4v) is 5.85. The average molecular weight is 527 g/mol. The van der Waals surface area contributed by atoms with Crippen LogP contribution in [0.1, 0.15) is 12.5 Å². The maximum Gasteiger partial charge on any atom is 0.0547 e. The maximum absolute atomic E-state index is 2.40. The Morgan fingerprint density at radius 1 is 0.537 bits per heavy atom. The van der Waals surface area contributed by atoms with Gasteiger partial charge in [-0.2, -0.15) is 0 Å². The first kappa shape index (κ1) is 24.7. The topological polar surface area (TPSA) is 8.17 Å². The number of nitrogens with zero attached hydrogens (tertiary/aromatic N) is 2. The Kier molecular flexibility index (Phi) is 6.42. The predicted molar refractivity (Wildman–Crippen MR) is 176 cm³/mol. The van der Waals surface area contributed by atoms with Crippen LogP contribution < -0.4 is 4.90 Å². The number of rotatable bonds is 6. The van der Waals surface area contributed by atoms with Crippen molar-refractivity contribution in [2.75, 3.05) is 4.90 Å². The summed E-state index contributed by atoms with van der Waals surface area (Å²) in [6.07, 6.45) is 4.26. The Morgan fingerprint density at radius 3 is 1.76 bits per heavy atom. The fraction of sp³-hybridized carbons (Fsp3) is 0.0256. The predicted octanol–water partition coefficient (Wildman–Crippen LogP) is 11.0. The van der Waals surface area contributed by atoms with E-state index in [9.17, 15) is 0 Å². The van der Waals surface area contributed by atoms with Crippen LogP contribution in [0.2, 0.25) is 0 Å². The van der Waals surface area contributed by atoms with Gasteiger partial charge < -0.3 is 9.47 Å². The van der Waals surface area contributed by atoms with Crippen molar-refractivity contribution >= 4 is 44.9 Å². The molecule has 0 aliphatic heterocycles. The van der Waals surface area contributed by atoms with E-state index in [1.165, 1.54) is 38.5 Å². The van der Waals surface area contributed by atoms with E-state index in [1.807, 2.05) is 0 Å². The van der Waals surface area contributed by atoms with Crippen molar-refractivity contribution in [3.8, 4) is 16.8 Å². The van der Waals surface area contributed by atoms with Gasteiger partial charge in [0, 0.05) is 33.4 Å². The van der Waals surface area contributed by atoms with Crippen molar-refractivity contribution in [2.24, 2.45) is 0 Å². The molecule has 0 radical (unpaired) electrons. The first-order valence-corrected chi connectivity index (χ1v) is 14.1. The summed E-state index contributed by atoms with van der Waals surface area (Å²) in [6.45, 7) is 2.06. The summed E-state index contributed by atoms with van der Waals surface area (Å²) in [5.74, 6) is 0. The van der Waals surface area contributed by atoms with Gasteiger partial charge in [0.25, 0.3) is 0 Å². The van der Waals surface area contributed by atoms with Crippen LogP contribution in [0.3, 0.4) is 0 Å². The second-order valence-corrected chi connectivity index (χ2v) is 10.2. The average Bonchev–Trinajstić information content (AvgIpc) is 3.36. The third kappa shape index (κ3) is 4.50. The molecule has 0 bridgehead atoms. The van der Waals surface area contributed by atoms with Gasteiger partial charge in [-0.3, -0.25) is 0 Å². The van der Waals surface area contributed by atoms with Gasteiger partial charge in [-0.15, -0.1) is 0 Å². The van der Waals surface area contributed by atoms with Crippen molar-refractivity contribution in [2.45, 2.75) is 6.92 Å². The normalized spacial score (nSPS) is 11.4. The Balaban J connectivity index is 1.48. The van der Waals surface area contributed by atoms with Crippen LogP contribution in [0.25, 0.3) is 44.7 Å². The molecule has 7 rings (SSSR count). The van der Waals surface area contributed by atoms with Gasteiger partial charge in [0.15, 0.2) is 0 Å². The highest BCUT2D eigenvalue weighted by molar-refractivity contribution is 6.11. The summed E-state index contributed by atoms with van der Waals surface area (Å²) in [5, 5.41) is 2.51. The van der Waals surface area contributed by atoms with Crippen LogP contribution in [0.15, 0.2) is 158 Å². The molecular weight excluding hydrogens is 496 g/mol. The minimum absolute atomic E-state index is 1.13. The zero-order valence-electron chi connectivity index (χ0n) is 23.0. The standard InChI is InChI=1S/C39H30N2/c1-2-14-29-23-25-35-36-26-24-30(28-39(36)41(38(35)27-29)33-19-10-5-11-20-33)34-21-12-13-22-37(34)40(31-15-6-3-7-16-31)32-17-8-4-9-18-32/h2-28H,1H3/b14-2+. The number of para-hydroxylation sites is 4. The minimum Gasteiger partial charge on any atom is -0.310 e. The maximum atomic E-state index is 2.40. The molecule has 2 heteroatoms. The fourth-order valence-electron chi connectivity index (χ4n) is 5.85. The number of fused-ring (bicyclic) bond motifs is 3. The van der Waals surface area contributed by atoms with E-state index < -0.39 is 0 Å². The molecule has 1 heterocycles. The van der Waals surface area contributed by atoms with Gasteiger partial charge in [-0.05, 0) is 72.6 Å². The Hall–Kier alpha value is -5.34. The third-order valence-corrected chi connectivity index (χ3v) is 7.65. The second-order valence-electron chi connectivity index (χ2n) is 10.2. The van der Waals surface area contributed by atoms with Gasteiger partial charge in [0.2, 0.25) is 0 Å². The first-order valence-electron chi connectivity index (χ1n) is 14.1. The van der Waals surface area contributed by atoms with Crippen LogP contribution in [0.5, 0.6) is 0 Å². The molecule has 0 spiro atoms. The molecule has 0 aliphatic carbocycles. The number of aromatic nitrogens is 1. The third-order valence-electron chi connectivity index (χ3n) is 7.65. The molecule has 0 saturated carbocycles. The summed E-state index contributed by atoms with van der Waals surface area (Å²) in [6, 6.07) is 54.2.